The zero-order valence-electron chi connectivity index (χ0n) is 14.0. The number of allylic oxidation sites excluding steroid dienone is 4. The first-order valence-corrected chi connectivity index (χ1v) is 8.89. The van der Waals surface area contributed by atoms with Crippen LogP contribution in [-0.4, -0.2) is 0 Å². The molecule has 2 aliphatic rings. The van der Waals surface area contributed by atoms with Gasteiger partial charge in [0.25, 0.3) is 0 Å². The number of halogens is 2. The highest BCUT2D eigenvalue weighted by Crippen LogP contribution is 2.42. The summed E-state index contributed by atoms with van der Waals surface area (Å²) in [5.74, 6) is 2.97. The van der Waals surface area contributed by atoms with Gasteiger partial charge < -0.3 is 0 Å². The van der Waals surface area contributed by atoms with Gasteiger partial charge >= 0.3 is 0 Å². The Hall–Kier alpha value is -0.920. The molecule has 0 amide bonds. The first-order valence-electron chi connectivity index (χ1n) is 8.89. The number of hydrogen-bond acceptors (Lipinski definition) is 0. The van der Waals surface area contributed by atoms with E-state index in [4.69, 9.17) is 0 Å². The maximum Gasteiger partial charge on any atom is 0.0901 e. The molecule has 0 N–H and O–H groups in total. The summed E-state index contributed by atoms with van der Waals surface area (Å²) >= 11 is 0. The van der Waals surface area contributed by atoms with Crippen LogP contribution in [0.25, 0.3) is 0 Å². The van der Waals surface area contributed by atoms with E-state index in [2.05, 4.69) is 6.92 Å². The largest absolute Gasteiger partial charge is 0.215 e. The third-order valence-corrected chi connectivity index (χ3v) is 5.81. The first kappa shape index (κ1) is 17.4. The average Bonchev–Trinajstić information content (AvgIpc) is 2.56. The summed E-state index contributed by atoms with van der Waals surface area (Å²) in [6.45, 7) is 4.05. The highest BCUT2D eigenvalue weighted by Gasteiger charge is 2.30. The molecule has 0 atom stereocenters. The van der Waals surface area contributed by atoms with Crippen molar-refractivity contribution in [3.05, 3.63) is 36.0 Å². The van der Waals surface area contributed by atoms with E-state index in [1.54, 1.807) is 19.1 Å². The highest BCUT2D eigenvalue weighted by molar-refractivity contribution is 5.27. The lowest BCUT2D eigenvalue weighted by Gasteiger charge is -2.37. The molecule has 0 radical (unpaired) electrons. The van der Waals surface area contributed by atoms with Gasteiger partial charge in [0, 0.05) is 0 Å². The quantitative estimate of drug-likeness (QED) is 0.495. The second-order valence-corrected chi connectivity index (χ2v) is 7.43. The Balaban J connectivity index is 1.84. The molecule has 2 saturated carbocycles. The van der Waals surface area contributed by atoms with E-state index >= 15 is 0 Å². The number of rotatable bonds is 4. The summed E-state index contributed by atoms with van der Waals surface area (Å²) in [4.78, 5) is 0. The second-order valence-electron chi connectivity index (χ2n) is 7.43. The van der Waals surface area contributed by atoms with Crippen LogP contribution in [0, 0.1) is 23.7 Å². The Labute approximate surface area is 134 Å². The van der Waals surface area contributed by atoms with Crippen molar-refractivity contribution in [1.29, 1.82) is 0 Å². The van der Waals surface area contributed by atoms with E-state index in [1.165, 1.54) is 38.5 Å². The predicted molar refractivity (Wildman–Crippen MR) is 89.8 cm³/mol. The lowest BCUT2D eigenvalue weighted by Crippen LogP contribution is -2.25. The van der Waals surface area contributed by atoms with Crippen molar-refractivity contribution in [3.63, 3.8) is 0 Å². The lowest BCUT2D eigenvalue weighted by atomic mass is 9.68. The van der Waals surface area contributed by atoms with Gasteiger partial charge in [0.15, 0.2) is 0 Å². The topological polar surface area (TPSA) is 0 Å². The molecule has 0 aliphatic heterocycles. The summed E-state index contributed by atoms with van der Waals surface area (Å²) in [7, 11) is 0. The molecule has 0 bridgehead atoms. The van der Waals surface area contributed by atoms with E-state index in [1.807, 2.05) is 0 Å². The van der Waals surface area contributed by atoms with Gasteiger partial charge in [0.1, 0.15) is 0 Å². The van der Waals surface area contributed by atoms with Crippen LogP contribution in [0.2, 0.25) is 0 Å². The van der Waals surface area contributed by atoms with Gasteiger partial charge in [-0.2, -0.15) is 0 Å². The predicted octanol–water partition coefficient (Wildman–Crippen LogP) is 6.90. The monoisotopic (exact) mass is 308 g/mol. The summed E-state index contributed by atoms with van der Waals surface area (Å²) in [5, 5.41) is 0. The van der Waals surface area contributed by atoms with Crippen molar-refractivity contribution in [1.82, 2.24) is 0 Å². The Kier molecular flexibility index (Phi) is 6.85. The zero-order valence-corrected chi connectivity index (χ0v) is 14.0. The molecular weight excluding hydrogens is 278 g/mol. The van der Waals surface area contributed by atoms with Crippen molar-refractivity contribution in [2.75, 3.05) is 0 Å². The third kappa shape index (κ3) is 4.79. The van der Waals surface area contributed by atoms with Gasteiger partial charge in [-0.05, 0) is 80.3 Å². The van der Waals surface area contributed by atoms with Crippen molar-refractivity contribution in [3.8, 4) is 0 Å². The van der Waals surface area contributed by atoms with Crippen molar-refractivity contribution >= 4 is 0 Å². The minimum atomic E-state index is 0.312. The van der Waals surface area contributed by atoms with E-state index in [9.17, 15) is 8.78 Å². The van der Waals surface area contributed by atoms with Gasteiger partial charge in [-0.1, -0.05) is 31.9 Å². The molecule has 124 valence electrons. The van der Waals surface area contributed by atoms with Crippen LogP contribution in [0.3, 0.4) is 0 Å². The minimum absolute atomic E-state index is 0.312. The minimum Gasteiger partial charge on any atom is -0.215 e. The summed E-state index contributed by atoms with van der Waals surface area (Å²) in [6, 6.07) is 0. The molecule has 0 unspecified atom stereocenters. The van der Waals surface area contributed by atoms with E-state index < -0.39 is 0 Å². The van der Waals surface area contributed by atoms with Crippen LogP contribution in [0.4, 0.5) is 8.78 Å². The fourth-order valence-corrected chi connectivity index (χ4v) is 4.21. The van der Waals surface area contributed by atoms with Crippen LogP contribution in [0.5, 0.6) is 0 Å². The maximum absolute atomic E-state index is 13.2. The standard InChI is InChI=1S/C20H30F2/c1-15-3-6-17(7-4-15)18-9-11-19(12-10-18)20(14-22)8-5-16(2)13-21/h5,8,13-15,17-19H,3-4,6-7,9-12H2,1-2H3/b8-5-,16-13+,20-14-. The molecular formula is C20H30F2. The maximum atomic E-state index is 13.2. The number of hydrogen-bond donors (Lipinski definition) is 0. The van der Waals surface area contributed by atoms with E-state index in [0.29, 0.717) is 17.8 Å². The van der Waals surface area contributed by atoms with Crippen LogP contribution < -0.4 is 0 Å². The molecule has 0 saturated heterocycles. The SMILES string of the molecule is CC(/C=C\C(=C\F)C1CCC(C2CCC(C)CC2)CC1)=C\F. The molecule has 2 rings (SSSR count). The smallest absolute Gasteiger partial charge is 0.0901 e. The third-order valence-electron chi connectivity index (χ3n) is 5.81. The Bertz CT molecular complexity index is 417. The van der Waals surface area contributed by atoms with E-state index in [0.717, 1.165) is 42.5 Å². The van der Waals surface area contributed by atoms with Gasteiger partial charge in [-0.3, -0.25) is 0 Å². The molecule has 2 aliphatic carbocycles. The molecule has 0 nitrogen and oxygen atoms in total. The van der Waals surface area contributed by atoms with Crippen LogP contribution in [0.1, 0.15) is 65.2 Å². The fraction of sp³-hybridized carbons (Fsp3) is 0.700. The van der Waals surface area contributed by atoms with E-state index in [-0.39, 0.29) is 0 Å². The first-order chi connectivity index (χ1) is 10.6. The zero-order chi connectivity index (χ0) is 15.9. The van der Waals surface area contributed by atoms with Gasteiger partial charge in [0.05, 0.1) is 12.7 Å². The molecule has 2 heteroatoms. The molecule has 0 spiro atoms. The Morgan fingerprint density at radius 1 is 0.773 bits per heavy atom. The van der Waals surface area contributed by atoms with Crippen LogP contribution in [-0.2, 0) is 0 Å². The highest BCUT2D eigenvalue weighted by atomic mass is 19.1. The van der Waals surface area contributed by atoms with Crippen LogP contribution in [0.15, 0.2) is 36.0 Å². The summed E-state index contributed by atoms with van der Waals surface area (Å²) in [6.07, 6.45) is 14.9. The van der Waals surface area contributed by atoms with Gasteiger partial charge in [0.2, 0.25) is 0 Å². The van der Waals surface area contributed by atoms with Gasteiger partial charge in [-0.15, -0.1) is 0 Å². The molecule has 0 heterocycles. The Morgan fingerprint density at radius 3 is 1.82 bits per heavy atom. The second kappa shape index (κ2) is 8.64. The molecule has 22 heavy (non-hydrogen) atoms. The molecule has 0 aromatic carbocycles. The Morgan fingerprint density at radius 2 is 1.32 bits per heavy atom. The summed E-state index contributed by atoms with van der Waals surface area (Å²) in [5.41, 5.74) is 1.27. The van der Waals surface area contributed by atoms with Crippen molar-refractivity contribution in [2.45, 2.75) is 65.2 Å². The molecule has 2 fully saturated rings. The lowest BCUT2D eigenvalue weighted by molar-refractivity contribution is 0.158. The van der Waals surface area contributed by atoms with Gasteiger partial charge in [-0.25, -0.2) is 8.78 Å². The molecule has 0 aromatic heterocycles. The summed E-state index contributed by atoms with van der Waals surface area (Å²) < 4.78 is 25.5. The fourth-order valence-electron chi connectivity index (χ4n) is 4.21. The van der Waals surface area contributed by atoms with Crippen LogP contribution >= 0.6 is 0 Å². The normalized spacial score (nSPS) is 35.1. The van der Waals surface area contributed by atoms with Crippen molar-refractivity contribution < 1.29 is 8.78 Å². The molecule has 0 aromatic rings. The average molecular weight is 308 g/mol. The van der Waals surface area contributed by atoms with Crippen molar-refractivity contribution in [2.24, 2.45) is 23.7 Å².